The number of fused-ring (bicyclic) bond motifs is 3. The topological polar surface area (TPSA) is 109 Å². The van der Waals surface area contributed by atoms with Gasteiger partial charge < -0.3 is 30.0 Å². The quantitative estimate of drug-likeness (QED) is 0.344. The summed E-state index contributed by atoms with van der Waals surface area (Å²) in [6, 6.07) is 19.9. The van der Waals surface area contributed by atoms with Gasteiger partial charge in [-0.25, -0.2) is 4.79 Å². The van der Waals surface area contributed by atoms with Gasteiger partial charge in [-0.3, -0.25) is 4.79 Å². The van der Waals surface area contributed by atoms with Crippen LogP contribution in [0.25, 0.3) is 11.1 Å². The summed E-state index contributed by atoms with van der Waals surface area (Å²) in [5, 5.41) is 2.80. The Morgan fingerprint density at radius 2 is 1.49 bits per heavy atom. The molecule has 2 amide bonds. The number of carbonyl (C=O) groups excluding carboxylic acids is 2. The number of methoxy groups -OCH3 is 2. The van der Waals surface area contributed by atoms with Crippen molar-refractivity contribution < 1.29 is 28.5 Å². The van der Waals surface area contributed by atoms with Gasteiger partial charge in [-0.1, -0.05) is 48.5 Å². The first kappa shape index (κ1) is 25.9. The van der Waals surface area contributed by atoms with Crippen molar-refractivity contribution in [2.45, 2.75) is 31.7 Å². The van der Waals surface area contributed by atoms with Crippen molar-refractivity contribution in [2.24, 2.45) is 5.73 Å². The number of unbranched alkanes of at least 4 members (excludes halogenated alkanes) is 1. The maximum absolute atomic E-state index is 12.6. The molecule has 3 aromatic carbocycles. The summed E-state index contributed by atoms with van der Waals surface area (Å²) in [7, 11) is 3.09. The highest BCUT2D eigenvalue weighted by molar-refractivity contribution is 5.79. The second-order valence-electron chi connectivity index (χ2n) is 8.76. The van der Waals surface area contributed by atoms with Gasteiger partial charge in [0.05, 0.1) is 32.9 Å². The molecule has 0 fully saturated rings. The van der Waals surface area contributed by atoms with Gasteiger partial charge in [0.25, 0.3) is 0 Å². The van der Waals surface area contributed by atoms with Crippen LogP contribution in [0.5, 0.6) is 17.2 Å². The van der Waals surface area contributed by atoms with Gasteiger partial charge in [0.2, 0.25) is 5.91 Å². The molecule has 0 aromatic heterocycles. The van der Waals surface area contributed by atoms with Crippen LogP contribution in [-0.2, 0) is 16.1 Å². The molecule has 0 atom stereocenters. The molecule has 1 aliphatic rings. The molecule has 0 radical (unpaired) electrons. The summed E-state index contributed by atoms with van der Waals surface area (Å²) in [5.41, 5.74) is 10.5. The van der Waals surface area contributed by atoms with E-state index in [-0.39, 0.29) is 25.0 Å². The van der Waals surface area contributed by atoms with Crippen molar-refractivity contribution in [3.63, 3.8) is 0 Å². The molecule has 0 bridgehead atoms. The molecule has 8 heteroatoms. The van der Waals surface area contributed by atoms with Crippen molar-refractivity contribution >= 4 is 12.0 Å². The van der Waals surface area contributed by atoms with Crippen LogP contribution in [0.1, 0.15) is 41.9 Å². The van der Waals surface area contributed by atoms with Crippen LogP contribution in [0, 0.1) is 0 Å². The monoisotopic (exact) mass is 504 g/mol. The Morgan fingerprint density at radius 3 is 2.05 bits per heavy atom. The third kappa shape index (κ3) is 6.14. The van der Waals surface area contributed by atoms with E-state index in [9.17, 15) is 9.59 Å². The highest BCUT2D eigenvalue weighted by Gasteiger charge is 2.29. The normalized spacial score (nSPS) is 11.8. The highest BCUT2D eigenvalue weighted by atomic mass is 16.5. The SMILES string of the molecule is COc1cc(OCCCCC(N)=O)cc(OC)c1CNC(=O)OCC1c2ccccc2-c2ccccc21. The molecular formula is C29H32N2O6. The molecule has 0 aliphatic heterocycles. The Kier molecular flexibility index (Phi) is 8.51. The van der Waals surface area contributed by atoms with Gasteiger partial charge in [-0.15, -0.1) is 0 Å². The molecule has 0 saturated carbocycles. The lowest BCUT2D eigenvalue weighted by molar-refractivity contribution is -0.118. The van der Waals surface area contributed by atoms with Crippen LogP contribution in [0.15, 0.2) is 60.7 Å². The lowest BCUT2D eigenvalue weighted by Gasteiger charge is -2.17. The first-order valence-electron chi connectivity index (χ1n) is 12.3. The van der Waals surface area contributed by atoms with Gasteiger partial charge in [-0.2, -0.15) is 0 Å². The number of benzene rings is 3. The minimum absolute atomic E-state index is 0.0124. The second kappa shape index (κ2) is 12.2. The fourth-order valence-electron chi connectivity index (χ4n) is 4.62. The van der Waals surface area contributed by atoms with Crippen molar-refractivity contribution in [3.8, 4) is 28.4 Å². The number of hydrogen-bond acceptors (Lipinski definition) is 6. The maximum Gasteiger partial charge on any atom is 0.407 e. The Labute approximate surface area is 216 Å². The predicted molar refractivity (Wildman–Crippen MR) is 140 cm³/mol. The smallest absolute Gasteiger partial charge is 0.407 e. The molecular weight excluding hydrogens is 472 g/mol. The summed E-state index contributed by atoms with van der Waals surface area (Å²) >= 11 is 0. The van der Waals surface area contributed by atoms with E-state index in [2.05, 4.69) is 29.6 Å². The third-order valence-electron chi connectivity index (χ3n) is 6.42. The average molecular weight is 505 g/mol. The fourth-order valence-corrected chi connectivity index (χ4v) is 4.62. The van der Waals surface area contributed by atoms with Crippen molar-refractivity contribution in [2.75, 3.05) is 27.4 Å². The number of nitrogens with one attached hydrogen (secondary N) is 1. The number of amides is 2. The largest absolute Gasteiger partial charge is 0.496 e. The van der Waals surface area contributed by atoms with Gasteiger partial charge in [0, 0.05) is 24.5 Å². The number of nitrogens with two attached hydrogens (primary N) is 1. The number of hydrogen-bond donors (Lipinski definition) is 2. The maximum atomic E-state index is 12.6. The van der Waals surface area contributed by atoms with E-state index in [1.165, 1.54) is 11.1 Å². The Balaban J connectivity index is 1.36. The number of carbonyl (C=O) groups is 2. The zero-order valence-corrected chi connectivity index (χ0v) is 21.1. The summed E-state index contributed by atoms with van der Waals surface area (Å²) in [5.74, 6) is 1.27. The number of primary amides is 1. The number of alkyl carbamates (subject to hydrolysis) is 1. The molecule has 3 N–H and O–H groups in total. The summed E-state index contributed by atoms with van der Waals surface area (Å²) in [4.78, 5) is 23.5. The van der Waals surface area contributed by atoms with Gasteiger partial charge in [-0.05, 0) is 35.1 Å². The van der Waals surface area contributed by atoms with E-state index in [0.717, 1.165) is 11.1 Å². The minimum atomic E-state index is -0.527. The van der Waals surface area contributed by atoms with E-state index in [1.54, 1.807) is 26.4 Å². The van der Waals surface area contributed by atoms with E-state index in [0.29, 0.717) is 48.7 Å². The summed E-state index contributed by atoms with van der Waals surface area (Å²) < 4.78 is 22.5. The minimum Gasteiger partial charge on any atom is -0.496 e. The predicted octanol–water partition coefficient (Wildman–Crippen LogP) is 4.78. The van der Waals surface area contributed by atoms with Gasteiger partial charge in [0.15, 0.2) is 0 Å². The van der Waals surface area contributed by atoms with Crippen molar-refractivity contribution in [1.82, 2.24) is 5.32 Å². The van der Waals surface area contributed by atoms with E-state index >= 15 is 0 Å². The standard InChI is InChI=1S/C29H32N2O6/c1-34-26-15-19(36-14-8-7-13-28(30)32)16-27(35-2)24(26)17-31-29(33)37-18-25-22-11-5-3-9-20(22)21-10-4-6-12-23(21)25/h3-6,9-12,15-16,25H,7-8,13-14,17-18H2,1-2H3,(H2,30,32)(H,31,33). The second-order valence-corrected chi connectivity index (χ2v) is 8.76. The fraction of sp³-hybridized carbons (Fsp3) is 0.310. The van der Waals surface area contributed by atoms with Crippen LogP contribution >= 0.6 is 0 Å². The van der Waals surface area contributed by atoms with Crippen LogP contribution < -0.4 is 25.3 Å². The third-order valence-corrected chi connectivity index (χ3v) is 6.42. The average Bonchev–Trinajstić information content (AvgIpc) is 3.23. The van der Waals surface area contributed by atoms with Crippen molar-refractivity contribution in [3.05, 3.63) is 77.4 Å². The number of rotatable bonds is 12. The summed E-state index contributed by atoms with van der Waals surface area (Å²) in [6.07, 6.45) is 1.15. The zero-order valence-electron chi connectivity index (χ0n) is 21.1. The molecule has 1 aliphatic carbocycles. The van der Waals surface area contributed by atoms with Gasteiger partial charge >= 0.3 is 6.09 Å². The molecule has 3 aromatic rings. The first-order valence-corrected chi connectivity index (χ1v) is 12.3. The molecule has 194 valence electrons. The Morgan fingerprint density at radius 1 is 0.892 bits per heavy atom. The molecule has 4 rings (SSSR count). The Hall–Kier alpha value is -4.20. The Bertz CT molecular complexity index is 1190. The molecule has 0 saturated heterocycles. The van der Waals surface area contributed by atoms with Gasteiger partial charge in [0.1, 0.15) is 23.9 Å². The molecule has 0 unspecified atom stereocenters. The van der Waals surface area contributed by atoms with Crippen LogP contribution in [0.3, 0.4) is 0 Å². The lowest BCUT2D eigenvalue weighted by Crippen LogP contribution is -2.26. The van der Waals surface area contributed by atoms with Crippen LogP contribution in [0.4, 0.5) is 4.79 Å². The van der Waals surface area contributed by atoms with Crippen molar-refractivity contribution in [1.29, 1.82) is 0 Å². The van der Waals surface area contributed by atoms with E-state index in [4.69, 9.17) is 24.7 Å². The lowest BCUT2D eigenvalue weighted by atomic mass is 9.98. The first-order chi connectivity index (χ1) is 18.0. The molecule has 0 heterocycles. The zero-order chi connectivity index (χ0) is 26.2. The number of ether oxygens (including phenoxy) is 4. The van der Waals surface area contributed by atoms with E-state index < -0.39 is 6.09 Å². The highest BCUT2D eigenvalue weighted by Crippen LogP contribution is 2.44. The molecule has 37 heavy (non-hydrogen) atoms. The molecule has 0 spiro atoms. The molecule has 8 nitrogen and oxygen atoms in total. The van der Waals surface area contributed by atoms with Crippen LogP contribution in [-0.4, -0.2) is 39.4 Å². The summed E-state index contributed by atoms with van der Waals surface area (Å²) in [6.45, 7) is 0.815. The van der Waals surface area contributed by atoms with Crippen LogP contribution in [0.2, 0.25) is 0 Å². The van der Waals surface area contributed by atoms with E-state index in [1.807, 2.05) is 24.3 Å².